The van der Waals surface area contributed by atoms with Gasteiger partial charge in [0.1, 0.15) is 5.82 Å². The van der Waals surface area contributed by atoms with Crippen molar-refractivity contribution in [1.82, 2.24) is 4.57 Å². The first-order chi connectivity index (χ1) is 11.6. The van der Waals surface area contributed by atoms with Crippen molar-refractivity contribution in [2.24, 2.45) is 4.99 Å². The Labute approximate surface area is 140 Å². The molecule has 0 unspecified atom stereocenters. The number of aromatic hydroxyl groups is 1. The molecular weight excluding hydrogens is 327 g/mol. The third-order valence-electron chi connectivity index (χ3n) is 3.75. The largest absolute Gasteiger partial charge is 0.493 e. The van der Waals surface area contributed by atoms with Gasteiger partial charge in [-0.1, -0.05) is 41.7 Å². The van der Waals surface area contributed by atoms with Crippen LogP contribution in [-0.2, 0) is 0 Å². The normalized spacial score (nSPS) is 14.3. The van der Waals surface area contributed by atoms with E-state index in [1.807, 2.05) is 24.3 Å². The monoisotopic (exact) mass is 338 g/mol. The topological polar surface area (TPSA) is 54.6 Å². The number of benzene rings is 2. The highest BCUT2D eigenvalue weighted by Crippen LogP contribution is 2.35. The second-order valence-corrected chi connectivity index (χ2v) is 6.21. The maximum absolute atomic E-state index is 13.9. The van der Waals surface area contributed by atoms with Gasteiger partial charge in [0.05, 0.1) is 16.3 Å². The molecule has 0 saturated heterocycles. The van der Waals surface area contributed by atoms with Gasteiger partial charge in [-0.2, -0.15) is 0 Å². The average molecular weight is 338 g/mol. The number of allylic oxidation sites excluding steroid dienone is 1. The van der Waals surface area contributed by atoms with E-state index >= 15 is 0 Å². The Hall–Kier alpha value is -2.99. The van der Waals surface area contributed by atoms with Crippen LogP contribution in [0.1, 0.15) is 10.4 Å². The van der Waals surface area contributed by atoms with Crippen molar-refractivity contribution in [2.75, 3.05) is 0 Å². The lowest BCUT2D eigenvalue weighted by atomic mass is 10.1. The van der Waals surface area contributed by atoms with Gasteiger partial charge >= 0.3 is 4.87 Å². The molecule has 1 aliphatic rings. The van der Waals surface area contributed by atoms with Gasteiger partial charge in [0.2, 0.25) is 5.88 Å². The Morgan fingerprint density at radius 1 is 1.12 bits per heavy atom. The Kier molecular flexibility index (Phi) is 3.39. The molecule has 1 N–H and O–H groups in total. The highest BCUT2D eigenvalue weighted by molar-refractivity contribution is 7.10. The van der Waals surface area contributed by atoms with Gasteiger partial charge in [-0.3, -0.25) is 9.79 Å². The summed E-state index contributed by atoms with van der Waals surface area (Å²) < 4.78 is 14.9. The first-order valence-electron chi connectivity index (χ1n) is 7.20. The Bertz CT molecular complexity index is 1060. The molecule has 1 aromatic heterocycles. The van der Waals surface area contributed by atoms with Crippen LogP contribution in [0, 0.1) is 5.82 Å². The summed E-state index contributed by atoms with van der Waals surface area (Å²) in [5.41, 5.74) is 2.59. The van der Waals surface area contributed by atoms with E-state index in [0.29, 0.717) is 4.88 Å². The van der Waals surface area contributed by atoms with E-state index in [2.05, 4.69) is 4.99 Å². The van der Waals surface area contributed by atoms with Crippen LogP contribution >= 0.6 is 11.3 Å². The van der Waals surface area contributed by atoms with E-state index in [1.165, 1.54) is 18.2 Å². The molecule has 24 heavy (non-hydrogen) atoms. The Morgan fingerprint density at radius 3 is 2.71 bits per heavy atom. The van der Waals surface area contributed by atoms with Crippen molar-refractivity contribution in [1.29, 1.82) is 0 Å². The molecule has 2 heterocycles. The first-order valence-corrected chi connectivity index (χ1v) is 8.01. The van der Waals surface area contributed by atoms with Crippen LogP contribution in [0.2, 0.25) is 0 Å². The zero-order chi connectivity index (χ0) is 16.7. The third kappa shape index (κ3) is 2.28. The quantitative estimate of drug-likeness (QED) is 0.768. The number of para-hydroxylation sites is 2. The fourth-order valence-corrected chi connectivity index (χ4v) is 3.45. The molecule has 0 spiro atoms. The number of fused-ring (bicyclic) bond motifs is 1. The van der Waals surface area contributed by atoms with E-state index < -0.39 is 10.7 Å². The zero-order valence-electron chi connectivity index (χ0n) is 12.3. The minimum atomic E-state index is -0.570. The molecule has 0 fully saturated rings. The molecule has 4 rings (SSSR count). The van der Waals surface area contributed by atoms with Gasteiger partial charge in [0.15, 0.2) is 0 Å². The highest BCUT2D eigenvalue weighted by atomic mass is 32.1. The fourth-order valence-electron chi connectivity index (χ4n) is 2.62. The molecule has 3 aromatic rings. The van der Waals surface area contributed by atoms with Crippen LogP contribution < -0.4 is 4.87 Å². The van der Waals surface area contributed by atoms with Crippen molar-refractivity contribution in [2.45, 2.75) is 0 Å². The van der Waals surface area contributed by atoms with Crippen LogP contribution in [0.5, 0.6) is 5.88 Å². The van der Waals surface area contributed by atoms with E-state index in [1.54, 1.807) is 18.4 Å². The van der Waals surface area contributed by atoms with Crippen LogP contribution in [0.3, 0.4) is 0 Å². The van der Waals surface area contributed by atoms with Gasteiger partial charge in [-0.15, -0.1) is 0 Å². The summed E-state index contributed by atoms with van der Waals surface area (Å²) >= 11 is 0.859. The molecule has 6 heteroatoms. The van der Waals surface area contributed by atoms with Crippen molar-refractivity contribution < 1.29 is 9.50 Å². The minimum absolute atomic E-state index is 0.0291. The summed E-state index contributed by atoms with van der Waals surface area (Å²) in [6, 6.07) is 13.4. The van der Waals surface area contributed by atoms with Crippen molar-refractivity contribution in [3.05, 3.63) is 74.5 Å². The summed E-state index contributed by atoms with van der Waals surface area (Å²) in [7, 11) is 0. The first kappa shape index (κ1) is 14.6. The van der Waals surface area contributed by atoms with Crippen molar-refractivity contribution in [3.63, 3.8) is 0 Å². The molecule has 2 aromatic carbocycles. The lowest BCUT2D eigenvalue weighted by Gasteiger charge is -2.04. The van der Waals surface area contributed by atoms with Crippen molar-refractivity contribution >= 4 is 34.9 Å². The highest BCUT2D eigenvalue weighted by Gasteiger charge is 2.18. The van der Waals surface area contributed by atoms with E-state index in [0.717, 1.165) is 32.7 Å². The number of halogens is 1. The fraction of sp³-hybridized carbons (Fsp3) is 0. The number of hydrogen-bond donors (Lipinski definition) is 1. The second-order valence-electron chi connectivity index (χ2n) is 5.22. The van der Waals surface area contributed by atoms with E-state index in [4.69, 9.17) is 0 Å². The van der Waals surface area contributed by atoms with Crippen LogP contribution in [0.25, 0.3) is 17.3 Å². The summed E-state index contributed by atoms with van der Waals surface area (Å²) in [5.74, 6) is -0.847. The summed E-state index contributed by atoms with van der Waals surface area (Å²) in [6.45, 7) is 0. The predicted molar refractivity (Wildman–Crippen MR) is 94.0 cm³/mol. The minimum Gasteiger partial charge on any atom is -0.493 e. The van der Waals surface area contributed by atoms with E-state index in [9.17, 15) is 14.3 Å². The number of thiazole rings is 1. The molecule has 0 saturated carbocycles. The smallest absolute Gasteiger partial charge is 0.315 e. The lowest BCUT2D eigenvalue weighted by molar-refractivity contribution is 0.437. The molecule has 1 aliphatic heterocycles. The van der Waals surface area contributed by atoms with Gasteiger partial charge in [-0.25, -0.2) is 8.96 Å². The maximum Gasteiger partial charge on any atom is 0.315 e. The van der Waals surface area contributed by atoms with Crippen LogP contribution in [0.15, 0.2) is 58.3 Å². The maximum atomic E-state index is 13.9. The molecule has 0 atom stereocenters. The third-order valence-corrected chi connectivity index (χ3v) is 4.63. The molecule has 118 valence electrons. The van der Waals surface area contributed by atoms with Gasteiger partial charge in [0.25, 0.3) is 0 Å². The summed E-state index contributed by atoms with van der Waals surface area (Å²) in [6.07, 6.45) is 3.37. The van der Waals surface area contributed by atoms with Crippen LogP contribution in [-0.4, -0.2) is 15.9 Å². The number of aliphatic imine (C=N–C) groups is 1. The average Bonchev–Trinajstić information content (AvgIpc) is 3.11. The van der Waals surface area contributed by atoms with Gasteiger partial charge in [-0.05, 0) is 24.3 Å². The van der Waals surface area contributed by atoms with Crippen LogP contribution in [0.4, 0.5) is 10.1 Å². The molecule has 4 nitrogen and oxygen atoms in total. The summed E-state index contributed by atoms with van der Waals surface area (Å²) in [5, 5.41) is 10.4. The lowest BCUT2D eigenvalue weighted by Crippen LogP contribution is -2.11. The SMILES string of the molecule is O=c1sc(/C=C2\C=Nc3ccccc32)c(O)n1-c1ccccc1F. The Morgan fingerprint density at radius 2 is 1.88 bits per heavy atom. The summed E-state index contributed by atoms with van der Waals surface area (Å²) in [4.78, 5) is 16.4. The number of nitrogens with zero attached hydrogens (tertiary/aromatic N) is 2. The number of hydrogen-bond acceptors (Lipinski definition) is 4. The molecule has 0 amide bonds. The second kappa shape index (κ2) is 5.58. The molecule has 0 bridgehead atoms. The molecule has 0 aliphatic carbocycles. The molecular formula is C18H11FN2O2S. The Balaban J connectivity index is 1.84. The number of aromatic nitrogens is 1. The molecule has 0 radical (unpaired) electrons. The van der Waals surface area contributed by atoms with Gasteiger partial charge in [0, 0.05) is 17.4 Å². The predicted octanol–water partition coefficient (Wildman–Crippen LogP) is 4.00. The standard InChI is InChI=1S/C18H11FN2O2S/c19-13-6-2-4-8-15(13)21-17(22)16(24-18(21)23)9-11-10-20-14-7-3-1-5-12(11)14/h1-10,22H/b11-9+. The van der Waals surface area contributed by atoms with E-state index in [-0.39, 0.29) is 11.6 Å². The zero-order valence-corrected chi connectivity index (χ0v) is 13.1. The number of rotatable bonds is 2. The van der Waals surface area contributed by atoms with Crippen molar-refractivity contribution in [3.8, 4) is 11.6 Å². The van der Waals surface area contributed by atoms with Gasteiger partial charge < -0.3 is 5.11 Å².